The maximum Gasteiger partial charge on any atom is 0.302 e. The number of nitriles is 1. The molecule has 1 spiro atoms. The van der Waals surface area contributed by atoms with E-state index in [-0.39, 0.29) is 58.6 Å². The van der Waals surface area contributed by atoms with Crippen LogP contribution in [0.15, 0.2) is 0 Å². The Morgan fingerprint density at radius 2 is 1.91 bits per heavy atom. The molecule has 11 atom stereocenters. The van der Waals surface area contributed by atoms with Gasteiger partial charge in [0.25, 0.3) is 0 Å². The normalized spacial score (nSPS) is 51.5. The summed E-state index contributed by atoms with van der Waals surface area (Å²) in [6.07, 6.45) is 7.50. The predicted octanol–water partition coefficient (Wildman–Crippen LogP) is 5.44. The van der Waals surface area contributed by atoms with Crippen molar-refractivity contribution in [2.24, 2.45) is 46.3 Å². The first-order chi connectivity index (χ1) is 16.5. The Hall–Kier alpha value is -1.45. The van der Waals surface area contributed by atoms with E-state index in [0.717, 1.165) is 58.0 Å². The zero-order valence-electron chi connectivity index (χ0n) is 22.2. The average Bonchev–Trinajstić information content (AvgIpc) is 3.23. The van der Waals surface area contributed by atoms with Crippen LogP contribution < -0.4 is 0 Å². The van der Waals surface area contributed by atoms with Gasteiger partial charge >= 0.3 is 5.97 Å². The minimum atomic E-state index is -0.522. The molecule has 2 heterocycles. The minimum Gasteiger partial charge on any atom is -0.463 e. The molecule has 0 N–H and O–H groups in total. The highest BCUT2D eigenvalue weighted by Crippen LogP contribution is 2.66. The lowest BCUT2D eigenvalue weighted by atomic mass is 9.52. The highest BCUT2D eigenvalue weighted by molar-refractivity contribution is 5.88. The molecular formula is C29H43NO5. The Morgan fingerprint density at radius 3 is 2.57 bits per heavy atom. The fourth-order valence-electron chi connectivity index (χ4n) is 9.15. The van der Waals surface area contributed by atoms with Gasteiger partial charge in [-0.2, -0.15) is 5.26 Å². The number of carbonyl (C=O) groups excluding carboxylic acids is 2. The summed E-state index contributed by atoms with van der Waals surface area (Å²) >= 11 is 0. The summed E-state index contributed by atoms with van der Waals surface area (Å²) in [6, 6.07) is 2.50. The first kappa shape index (κ1) is 25.2. The van der Waals surface area contributed by atoms with Crippen LogP contribution in [0.4, 0.5) is 0 Å². The number of ether oxygens (including phenoxy) is 3. The monoisotopic (exact) mass is 485 g/mol. The van der Waals surface area contributed by atoms with Crippen LogP contribution in [0.5, 0.6) is 0 Å². The van der Waals surface area contributed by atoms with Crippen molar-refractivity contribution in [2.75, 3.05) is 6.61 Å². The molecule has 6 heteroatoms. The predicted molar refractivity (Wildman–Crippen MR) is 130 cm³/mol. The van der Waals surface area contributed by atoms with Gasteiger partial charge in [-0.3, -0.25) is 9.59 Å². The number of esters is 1. The fourth-order valence-corrected chi connectivity index (χ4v) is 9.15. The molecule has 0 bridgehead atoms. The number of nitrogens with zero attached hydrogens (tertiary/aromatic N) is 1. The van der Waals surface area contributed by atoms with Crippen molar-refractivity contribution in [2.45, 2.75) is 110 Å². The summed E-state index contributed by atoms with van der Waals surface area (Å²) in [6.45, 7) is 11.1. The van der Waals surface area contributed by atoms with E-state index in [1.54, 1.807) is 0 Å². The zero-order chi connectivity index (χ0) is 25.2. The molecule has 3 aliphatic carbocycles. The first-order valence-corrected chi connectivity index (χ1v) is 13.9. The quantitative estimate of drug-likeness (QED) is 0.495. The van der Waals surface area contributed by atoms with Crippen molar-refractivity contribution in [3.8, 4) is 6.07 Å². The highest BCUT2D eigenvalue weighted by Gasteiger charge is 2.67. The summed E-state index contributed by atoms with van der Waals surface area (Å²) in [5.74, 6) is 1.04. The summed E-state index contributed by atoms with van der Waals surface area (Å²) in [4.78, 5) is 25.7. The lowest BCUT2D eigenvalue weighted by Gasteiger charge is -2.51. The molecule has 0 aromatic heterocycles. The van der Waals surface area contributed by atoms with E-state index in [2.05, 4.69) is 33.8 Å². The highest BCUT2D eigenvalue weighted by atomic mass is 16.7. The minimum absolute atomic E-state index is 0.0236. The molecule has 2 aliphatic heterocycles. The van der Waals surface area contributed by atoms with Crippen molar-refractivity contribution in [3.05, 3.63) is 0 Å². The smallest absolute Gasteiger partial charge is 0.302 e. The van der Waals surface area contributed by atoms with E-state index in [9.17, 15) is 14.9 Å². The number of fused-ring (bicyclic) bond motifs is 2. The second-order valence-corrected chi connectivity index (χ2v) is 13.1. The van der Waals surface area contributed by atoms with Gasteiger partial charge in [0.1, 0.15) is 11.9 Å². The third kappa shape index (κ3) is 3.87. The maximum absolute atomic E-state index is 14.2. The average molecular weight is 486 g/mol. The van der Waals surface area contributed by atoms with E-state index in [1.165, 1.54) is 6.92 Å². The molecule has 0 aromatic rings. The third-order valence-corrected chi connectivity index (χ3v) is 11.1. The Balaban J connectivity index is 1.37. The van der Waals surface area contributed by atoms with Crippen LogP contribution in [0.25, 0.3) is 0 Å². The number of Topliss-reactive ketones (excluding diaryl/α,β-unsaturated/α-hetero) is 1. The molecule has 5 rings (SSSR count). The molecule has 0 radical (unpaired) electrons. The summed E-state index contributed by atoms with van der Waals surface area (Å²) in [5, 5.41) is 9.91. The molecule has 6 nitrogen and oxygen atoms in total. The molecule has 5 fully saturated rings. The van der Waals surface area contributed by atoms with Crippen LogP contribution in [0.1, 0.15) is 92.4 Å². The van der Waals surface area contributed by atoms with Gasteiger partial charge in [0.15, 0.2) is 5.79 Å². The van der Waals surface area contributed by atoms with E-state index in [0.29, 0.717) is 18.1 Å². The molecule has 0 amide bonds. The van der Waals surface area contributed by atoms with Gasteiger partial charge in [0, 0.05) is 37.0 Å². The van der Waals surface area contributed by atoms with Crippen LogP contribution in [-0.2, 0) is 23.8 Å². The van der Waals surface area contributed by atoms with Crippen LogP contribution >= 0.6 is 0 Å². The summed E-state index contributed by atoms with van der Waals surface area (Å²) < 4.78 is 18.7. The molecule has 194 valence electrons. The van der Waals surface area contributed by atoms with Gasteiger partial charge in [-0.25, -0.2) is 0 Å². The number of hydrogen-bond donors (Lipinski definition) is 0. The molecular weight excluding hydrogens is 442 g/mol. The molecule has 0 aromatic carbocycles. The van der Waals surface area contributed by atoms with E-state index in [4.69, 9.17) is 14.2 Å². The van der Waals surface area contributed by atoms with Crippen molar-refractivity contribution in [3.63, 3.8) is 0 Å². The molecule has 35 heavy (non-hydrogen) atoms. The van der Waals surface area contributed by atoms with Crippen LogP contribution in [-0.4, -0.2) is 36.4 Å². The Bertz CT molecular complexity index is 903. The van der Waals surface area contributed by atoms with E-state index in [1.807, 2.05) is 0 Å². The van der Waals surface area contributed by atoms with Crippen LogP contribution in [0.2, 0.25) is 0 Å². The SMILES string of the molecule is CC(=O)O[C@H]1CC[C@]2(C)C(=O)[C@H]([C@@H]3C[C@@H]4O[C@]5(CC[C@@H](C)CO5)[C@@H](C)[C@@H]4[C@@]3(C)CC#N)CC[C@H]2C1. The third-order valence-electron chi connectivity index (χ3n) is 11.1. The standard InChI is InChI=1S/C29H43NO5/c1-17-8-11-29(33-16-17)18(2)25-24(35-29)15-23(28(25,5)12-13-30)22-7-6-20-14-21(34-19(3)31)9-10-27(20,4)26(22)32/h17-18,20-25H,6-12,14-16H2,1-5H3/t17-,18+,20+,21+,22+,23+,24+,25+,27+,28+,29-/m1/s1. The van der Waals surface area contributed by atoms with Gasteiger partial charge in [0.05, 0.1) is 18.8 Å². The molecule has 0 unspecified atom stereocenters. The van der Waals surface area contributed by atoms with Gasteiger partial charge in [-0.05, 0) is 74.0 Å². The zero-order valence-corrected chi connectivity index (χ0v) is 22.2. The molecule has 3 saturated carbocycles. The molecule has 2 saturated heterocycles. The Labute approximate surface area is 210 Å². The van der Waals surface area contributed by atoms with Gasteiger partial charge < -0.3 is 14.2 Å². The largest absolute Gasteiger partial charge is 0.463 e. The van der Waals surface area contributed by atoms with E-state index >= 15 is 0 Å². The van der Waals surface area contributed by atoms with Crippen molar-refractivity contribution < 1.29 is 23.8 Å². The first-order valence-electron chi connectivity index (χ1n) is 13.9. The summed E-state index contributed by atoms with van der Waals surface area (Å²) in [5.41, 5.74) is -0.617. The number of hydrogen-bond acceptors (Lipinski definition) is 6. The van der Waals surface area contributed by atoms with Gasteiger partial charge in [-0.15, -0.1) is 0 Å². The lowest BCUT2D eigenvalue weighted by Crippen LogP contribution is -2.53. The van der Waals surface area contributed by atoms with Gasteiger partial charge in [-0.1, -0.05) is 27.7 Å². The van der Waals surface area contributed by atoms with Crippen molar-refractivity contribution in [1.82, 2.24) is 0 Å². The Morgan fingerprint density at radius 1 is 1.14 bits per heavy atom. The van der Waals surface area contributed by atoms with Crippen LogP contribution in [0, 0.1) is 57.7 Å². The topological polar surface area (TPSA) is 85.6 Å². The number of ketones is 1. The summed E-state index contributed by atoms with van der Waals surface area (Å²) in [7, 11) is 0. The fraction of sp³-hybridized carbons (Fsp3) is 0.897. The van der Waals surface area contributed by atoms with Gasteiger partial charge in [0.2, 0.25) is 0 Å². The number of rotatable bonds is 3. The number of carbonyl (C=O) groups is 2. The molecule has 5 aliphatic rings. The van der Waals surface area contributed by atoms with Crippen LogP contribution in [0.3, 0.4) is 0 Å². The second kappa shape index (κ2) is 8.84. The maximum atomic E-state index is 14.2. The lowest BCUT2D eigenvalue weighted by molar-refractivity contribution is -0.271. The van der Waals surface area contributed by atoms with Crippen molar-refractivity contribution in [1.29, 1.82) is 5.26 Å². The van der Waals surface area contributed by atoms with Crippen molar-refractivity contribution >= 4 is 11.8 Å². The Kier molecular flexibility index (Phi) is 6.37. The second-order valence-electron chi connectivity index (χ2n) is 13.1. The van der Waals surface area contributed by atoms with E-state index < -0.39 is 5.79 Å².